The molecule has 0 fully saturated rings. The number of rotatable bonds is 3. The van der Waals surface area contributed by atoms with Crippen molar-refractivity contribution in [1.29, 1.82) is 0 Å². The highest BCUT2D eigenvalue weighted by Crippen LogP contribution is 2.09. The first kappa shape index (κ1) is 16.2. The lowest BCUT2D eigenvalue weighted by molar-refractivity contribution is 0.0958. The number of terminal acetylenes is 1. The summed E-state index contributed by atoms with van der Waals surface area (Å²) in [4.78, 5) is 11.6. The molecule has 1 amide bonds. The van der Waals surface area contributed by atoms with E-state index in [-0.39, 0.29) is 17.3 Å². The molecule has 1 aromatic rings. The summed E-state index contributed by atoms with van der Waals surface area (Å²) >= 11 is 0. The van der Waals surface area contributed by atoms with Crippen LogP contribution < -0.4 is 5.32 Å². The Labute approximate surface area is 108 Å². The number of sulfone groups is 1. The Kier molecular flexibility index (Phi) is 6.76. The van der Waals surface area contributed by atoms with Crippen molar-refractivity contribution in [3.05, 3.63) is 29.8 Å². The molecule has 0 saturated heterocycles. The van der Waals surface area contributed by atoms with Gasteiger partial charge in [-0.25, -0.2) is 8.42 Å². The molecule has 0 aromatic heterocycles. The van der Waals surface area contributed by atoms with Gasteiger partial charge in [-0.15, -0.1) is 6.42 Å². The standard InChI is InChI=1S/C11H11NO3S.C2H6/c1-3-8-12-11(13)9-4-6-10(7-5-9)16(2,14)15;1-2/h1,4-7H,8H2,2H3,(H,12,13);1-2H3. The third kappa shape index (κ3) is 5.02. The number of benzene rings is 1. The fourth-order valence-corrected chi connectivity index (χ4v) is 1.72. The molecule has 0 bridgehead atoms. The Morgan fingerprint density at radius 3 is 2.17 bits per heavy atom. The Hall–Kier alpha value is -1.80. The van der Waals surface area contributed by atoms with Gasteiger partial charge in [0.2, 0.25) is 0 Å². The molecule has 0 radical (unpaired) electrons. The Bertz CT molecular complexity index is 524. The van der Waals surface area contributed by atoms with Gasteiger partial charge in [-0.05, 0) is 24.3 Å². The molecule has 4 nitrogen and oxygen atoms in total. The van der Waals surface area contributed by atoms with Gasteiger partial charge in [0.15, 0.2) is 9.84 Å². The SMILES string of the molecule is C#CCNC(=O)c1ccc(S(C)(=O)=O)cc1.CC. The van der Waals surface area contributed by atoms with Gasteiger partial charge in [-0.2, -0.15) is 0 Å². The van der Waals surface area contributed by atoms with Gasteiger partial charge >= 0.3 is 0 Å². The summed E-state index contributed by atoms with van der Waals surface area (Å²) in [5, 5.41) is 2.48. The summed E-state index contributed by atoms with van der Waals surface area (Å²) in [7, 11) is -3.23. The molecule has 0 unspecified atom stereocenters. The molecule has 5 heteroatoms. The summed E-state index contributed by atoms with van der Waals surface area (Å²) in [6.07, 6.45) is 6.10. The molecule has 98 valence electrons. The van der Waals surface area contributed by atoms with Gasteiger partial charge in [-0.3, -0.25) is 4.79 Å². The maximum atomic E-state index is 11.4. The lowest BCUT2D eigenvalue weighted by Crippen LogP contribution is -2.23. The first-order valence-electron chi connectivity index (χ1n) is 5.47. The zero-order valence-corrected chi connectivity index (χ0v) is 11.5. The van der Waals surface area contributed by atoms with Crippen LogP contribution in [-0.4, -0.2) is 27.1 Å². The second-order valence-electron chi connectivity index (χ2n) is 3.18. The van der Waals surface area contributed by atoms with Gasteiger partial charge in [0.1, 0.15) is 0 Å². The second kappa shape index (κ2) is 7.51. The van der Waals surface area contributed by atoms with Gasteiger partial charge in [0.05, 0.1) is 11.4 Å². The van der Waals surface area contributed by atoms with Crippen molar-refractivity contribution in [2.45, 2.75) is 18.7 Å². The minimum absolute atomic E-state index is 0.145. The summed E-state index contributed by atoms with van der Waals surface area (Å²) in [5.41, 5.74) is 0.377. The average molecular weight is 267 g/mol. The fraction of sp³-hybridized carbons (Fsp3) is 0.308. The first-order chi connectivity index (χ1) is 8.45. The van der Waals surface area contributed by atoms with E-state index in [1.807, 2.05) is 13.8 Å². The third-order valence-corrected chi connectivity index (χ3v) is 3.02. The number of nitrogens with one attached hydrogen (secondary N) is 1. The molecule has 1 rings (SSSR count). The zero-order valence-electron chi connectivity index (χ0n) is 10.7. The van der Waals surface area contributed by atoms with Crippen molar-refractivity contribution in [3.8, 4) is 12.3 Å². The number of carbonyl (C=O) groups is 1. The lowest BCUT2D eigenvalue weighted by atomic mass is 10.2. The quantitative estimate of drug-likeness (QED) is 0.844. The van der Waals surface area contributed by atoms with Crippen molar-refractivity contribution in [1.82, 2.24) is 5.32 Å². The summed E-state index contributed by atoms with van der Waals surface area (Å²) < 4.78 is 22.3. The smallest absolute Gasteiger partial charge is 0.252 e. The van der Waals surface area contributed by atoms with Crippen LogP contribution in [0.4, 0.5) is 0 Å². The average Bonchev–Trinajstić information content (AvgIpc) is 2.37. The molecule has 0 saturated carbocycles. The molecule has 18 heavy (non-hydrogen) atoms. The van der Waals surface area contributed by atoms with Crippen LogP contribution in [0, 0.1) is 12.3 Å². The predicted molar refractivity (Wildman–Crippen MR) is 72.1 cm³/mol. The third-order valence-electron chi connectivity index (χ3n) is 1.90. The van der Waals surface area contributed by atoms with Gasteiger partial charge in [-0.1, -0.05) is 19.8 Å². The zero-order chi connectivity index (χ0) is 14.2. The monoisotopic (exact) mass is 267 g/mol. The van der Waals surface area contributed by atoms with Crippen LogP contribution in [0.1, 0.15) is 24.2 Å². The highest BCUT2D eigenvalue weighted by atomic mass is 32.2. The summed E-state index contributed by atoms with van der Waals surface area (Å²) in [6.45, 7) is 4.15. The molecule has 0 aliphatic heterocycles. The summed E-state index contributed by atoms with van der Waals surface area (Å²) in [5.74, 6) is 1.95. The van der Waals surface area contributed by atoms with Crippen LogP contribution in [0.3, 0.4) is 0 Å². The first-order valence-corrected chi connectivity index (χ1v) is 7.36. The van der Waals surface area contributed by atoms with Crippen molar-refractivity contribution in [2.24, 2.45) is 0 Å². The normalized spacial score (nSPS) is 9.67. The van der Waals surface area contributed by atoms with Crippen molar-refractivity contribution < 1.29 is 13.2 Å². The topological polar surface area (TPSA) is 63.2 Å². The van der Waals surface area contributed by atoms with Gasteiger partial charge in [0.25, 0.3) is 5.91 Å². The van der Waals surface area contributed by atoms with Crippen LogP contribution in [0.5, 0.6) is 0 Å². The molecular weight excluding hydrogens is 250 g/mol. The van der Waals surface area contributed by atoms with Crippen LogP contribution in [-0.2, 0) is 9.84 Å². The maximum Gasteiger partial charge on any atom is 0.252 e. The number of hydrogen-bond donors (Lipinski definition) is 1. The molecule has 1 aromatic carbocycles. The number of carbonyl (C=O) groups excluding carboxylic acids is 1. The van der Waals surface area contributed by atoms with Crippen LogP contribution in [0.15, 0.2) is 29.2 Å². The van der Waals surface area contributed by atoms with Crippen LogP contribution in [0.2, 0.25) is 0 Å². The minimum Gasteiger partial charge on any atom is -0.341 e. The number of amides is 1. The molecule has 1 N–H and O–H groups in total. The molecule has 0 atom stereocenters. The van der Waals surface area contributed by atoms with E-state index in [0.29, 0.717) is 5.56 Å². The van der Waals surface area contributed by atoms with E-state index in [1.165, 1.54) is 24.3 Å². The molecule has 0 aliphatic carbocycles. The Morgan fingerprint density at radius 1 is 1.28 bits per heavy atom. The van der Waals surface area contributed by atoms with E-state index in [9.17, 15) is 13.2 Å². The molecular formula is C13H17NO3S. The van der Waals surface area contributed by atoms with E-state index < -0.39 is 9.84 Å². The Balaban J connectivity index is 0.00000137. The molecule has 0 spiro atoms. The minimum atomic E-state index is -3.23. The maximum absolute atomic E-state index is 11.4. The highest BCUT2D eigenvalue weighted by molar-refractivity contribution is 7.90. The van der Waals surface area contributed by atoms with Gasteiger partial charge < -0.3 is 5.32 Å². The molecule has 0 heterocycles. The second-order valence-corrected chi connectivity index (χ2v) is 5.20. The van der Waals surface area contributed by atoms with E-state index in [0.717, 1.165) is 6.26 Å². The van der Waals surface area contributed by atoms with E-state index >= 15 is 0 Å². The van der Waals surface area contributed by atoms with Crippen LogP contribution >= 0.6 is 0 Å². The summed E-state index contributed by atoms with van der Waals surface area (Å²) in [6, 6.07) is 5.67. The number of hydrogen-bond acceptors (Lipinski definition) is 3. The predicted octanol–water partition coefficient (Wildman–Crippen LogP) is 1.48. The van der Waals surface area contributed by atoms with E-state index in [2.05, 4.69) is 11.2 Å². The van der Waals surface area contributed by atoms with Crippen molar-refractivity contribution in [3.63, 3.8) is 0 Å². The molecule has 0 aliphatic rings. The van der Waals surface area contributed by atoms with E-state index in [1.54, 1.807) is 0 Å². The largest absolute Gasteiger partial charge is 0.341 e. The fourth-order valence-electron chi connectivity index (χ4n) is 1.09. The van der Waals surface area contributed by atoms with Gasteiger partial charge in [0, 0.05) is 11.8 Å². The Morgan fingerprint density at radius 2 is 1.78 bits per heavy atom. The van der Waals surface area contributed by atoms with E-state index in [4.69, 9.17) is 6.42 Å². The van der Waals surface area contributed by atoms with Crippen LogP contribution in [0.25, 0.3) is 0 Å². The lowest BCUT2D eigenvalue weighted by Gasteiger charge is -2.02. The highest BCUT2D eigenvalue weighted by Gasteiger charge is 2.08. The van der Waals surface area contributed by atoms with Crippen molar-refractivity contribution in [2.75, 3.05) is 12.8 Å². The van der Waals surface area contributed by atoms with Crippen molar-refractivity contribution >= 4 is 15.7 Å².